The van der Waals surface area contributed by atoms with Gasteiger partial charge in [-0.15, -0.1) is 0 Å². The summed E-state index contributed by atoms with van der Waals surface area (Å²) in [7, 11) is 1.72. The lowest BCUT2D eigenvalue weighted by atomic mass is 9.88. The number of hydrogen-bond acceptors (Lipinski definition) is 2. The Labute approximate surface area is 103 Å². The van der Waals surface area contributed by atoms with E-state index >= 15 is 0 Å². The molecule has 1 aliphatic rings. The monoisotopic (exact) mass is 231 g/mol. The van der Waals surface area contributed by atoms with Crippen LogP contribution in [0.1, 0.15) is 36.0 Å². The Bertz CT molecular complexity index is 448. The van der Waals surface area contributed by atoms with Gasteiger partial charge in [0.25, 0.3) is 0 Å². The van der Waals surface area contributed by atoms with Crippen molar-refractivity contribution in [1.82, 2.24) is 0 Å². The Balaban J connectivity index is 2.42. The molecule has 2 rings (SSSR count). The van der Waals surface area contributed by atoms with Crippen molar-refractivity contribution in [2.75, 3.05) is 7.11 Å². The molecule has 1 atom stereocenters. The highest BCUT2D eigenvalue weighted by Gasteiger charge is 2.14. The molecule has 0 saturated heterocycles. The number of benzene rings is 1. The molecule has 0 radical (unpaired) electrons. The fraction of sp³-hybridized carbons (Fsp3) is 0.467. The Morgan fingerprint density at radius 3 is 2.65 bits per heavy atom. The molecule has 0 spiro atoms. The molecule has 2 N–H and O–H groups in total. The second kappa shape index (κ2) is 4.92. The summed E-state index contributed by atoms with van der Waals surface area (Å²) in [4.78, 5) is 0. The summed E-state index contributed by atoms with van der Waals surface area (Å²) in [5.41, 5.74) is 11.2. The van der Waals surface area contributed by atoms with Gasteiger partial charge in [-0.05, 0) is 67.5 Å². The summed E-state index contributed by atoms with van der Waals surface area (Å²) in [6, 6.07) is 4.56. The van der Waals surface area contributed by atoms with E-state index in [2.05, 4.69) is 32.1 Å². The van der Waals surface area contributed by atoms with Crippen LogP contribution in [0, 0.1) is 13.8 Å². The van der Waals surface area contributed by atoms with Gasteiger partial charge >= 0.3 is 0 Å². The van der Waals surface area contributed by atoms with Crippen LogP contribution in [0.4, 0.5) is 0 Å². The van der Waals surface area contributed by atoms with E-state index in [0.717, 1.165) is 18.6 Å². The lowest BCUT2D eigenvalue weighted by Gasteiger charge is -2.20. The molecule has 1 aromatic carbocycles. The normalized spacial score (nSPS) is 20.0. The summed E-state index contributed by atoms with van der Waals surface area (Å²) in [5.74, 6) is 0.965. The molecule has 92 valence electrons. The molecule has 2 heteroatoms. The minimum atomic E-state index is 0.223. The first-order chi connectivity index (χ1) is 8.11. The maximum absolute atomic E-state index is 6.01. The van der Waals surface area contributed by atoms with Gasteiger partial charge in [-0.1, -0.05) is 6.08 Å². The minimum Gasteiger partial charge on any atom is -0.496 e. The van der Waals surface area contributed by atoms with Crippen LogP contribution in [0.2, 0.25) is 0 Å². The van der Waals surface area contributed by atoms with E-state index in [9.17, 15) is 0 Å². The highest BCUT2D eigenvalue weighted by molar-refractivity contribution is 5.71. The van der Waals surface area contributed by atoms with Crippen molar-refractivity contribution in [2.24, 2.45) is 5.73 Å². The van der Waals surface area contributed by atoms with Crippen LogP contribution in [0.3, 0.4) is 0 Å². The maximum atomic E-state index is 6.01. The molecule has 0 amide bonds. The van der Waals surface area contributed by atoms with Crippen molar-refractivity contribution in [3.8, 4) is 5.75 Å². The molecule has 0 bridgehead atoms. The third-order valence-corrected chi connectivity index (χ3v) is 3.49. The summed E-state index contributed by atoms with van der Waals surface area (Å²) in [5, 5.41) is 0. The van der Waals surface area contributed by atoms with Crippen LogP contribution in [0.5, 0.6) is 5.75 Å². The van der Waals surface area contributed by atoms with E-state index < -0.39 is 0 Å². The number of rotatable bonds is 2. The summed E-state index contributed by atoms with van der Waals surface area (Å²) in [6.07, 6.45) is 5.66. The third kappa shape index (κ3) is 2.52. The van der Waals surface area contributed by atoms with Gasteiger partial charge in [-0.2, -0.15) is 0 Å². The molecule has 1 aromatic rings. The van der Waals surface area contributed by atoms with Gasteiger partial charge in [0.05, 0.1) is 7.11 Å². The predicted molar refractivity (Wildman–Crippen MR) is 72.3 cm³/mol. The SMILES string of the molecule is COc1cc(C)c(C2=CC(N)CCC2)cc1C. The summed E-state index contributed by atoms with van der Waals surface area (Å²) in [6.45, 7) is 4.23. The zero-order valence-corrected chi connectivity index (χ0v) is 10.9. The average molecular weight is 231 g/mol. The number of aryl methyl sites for hydroxylation is 2. The number of hydrogen-bond donors (Lipinski definition) is 1. The van der Waals surface area contributed by atoms with Crippen LogP contribution in [0.25, 0.3) is 5.57 Å². The van der Waals surface area contributed by atoms with E-state index in [1.165, 1.54) is 28.7 Å². The van der Waals surface area contributed by atoms with E-state index in [1.54, 1.807) is 7.11 Å². The van der Waals surface area contributed by atoms with Crippen LogP contribution in [-0.2, 0) is 0 Å². The Hall–Kier alpha value is -1.28. The van der Waals surface area contributed by atoms with Crippen molar-refractivity contribution in [3.63, 3.8) is 0 Å². The zero-order valence-electron chi connectivity index (χ0n) is 10.9. The fourth-order valence-electron chi connectivity index (χ4n) is 2.53. The molecule has 0 heterocycles. The molecule has 0 aliphatic heterocycles. The van der Waals surface area contributed by atoms with Crippen molar-refractivity contribution < 1.29 is 4.74 Å². The van der Waals surface area contributed by atoms with E-state index in [4.69, 9.17) is 10.5 Å². The lowest BCUT2D eigenvalue weighted by Crippen LogP contribution is -2.20. The quantitative estimate of drug-likeness (QED) is 0.848. The summed E-state index contributed by atoms with van der Waals surface area (Å²) < 4.78 is 5.35. The molecule has 2 nitrogen and oxygen atoms in total. The standard InChI is InChI=1S/C15H21NO/c1-10-8-15(17-3)11(2)7-14(10)12-5-4-6-13(16)9-12/h7-9,13H,4-6,16H2,1-3H3. The molecule has 0 aromatic heterocycles. The molecule has 1 aliphatic carbocycles. The largest absolute Gasteiger partial charge is 0.496 e. The second-order valence-corrected chi connectivity index (χ2v) is 4.88. The first-order valence-corrected chi connectivity index (χ1v) is 6.23. The van der Waals surface area contributed by atoms with Gasteiger partial charge in [0, 0.05) is 6.04 Å². The van der Waals surface area contributed by atoms with Gasteiger partial charge in [0.2, 0.25) is 0 Å². The first-order valence-electron chi connectivity index (χ1n) is 6.23. The number of methoxy groups -OCH3 is 1. The highest BCUT2D eigenvalue weighted by Crippen LogP contribution is 2.32. The van der Waals surface area contributed by atoms with Gasteiger partial charge in [-0.25, -0.2) is 0 Å². The van der Waals surface area contributed by atoms with Gasteiger partial charge in [0.15, 0.2) is 0 Å². The van der Waals surface area contributed by atoms with Crippen molar-refractivity contribution >= 4 is 5.57 Å². The van der Waals surface area contributed by atoms with E-state index in [1.807, 2.05) is 0 Å². The second-order valence-electron chi connectivity index (χ2n) is 4.88. The minimum absolute atomic E-state index is 0.223. The number of ether oxygens (including phenoxy) is 1. The van der Waals surface area contributed by atoms with Crippen molar-refractivity contribution in [1.29, 1.82) is 0 Å². The van der Waals surface area contributed by atoms with Crippen LogP contribution < -0.4 is 10.5 Å². The molecule has 17 heavy (non-hydrogen) atoms. The molecular formula is C15H21NO. The van der Waals surface area contributed by atoms with Crippen LogP contribution >= 0.6 is 0 Å². The van der Waals surface area contributed by atoms with Gasteiger partial charge < -0.3 is 10.5 Å². The Morgan fingerprint density at radius 2 is 2.00 bits per heavy atom. The maximum Gasteiger partial charge on any atom is 0.122 e. The van der Waals surface area contributed by atoms with Gasteiger partial charge in [0.1, 0.15) is 5.75 Å². The van der Waals surface area contributed by atoms with E-state index in [0.29, 0.717) is 0 Å². The molecule has 1 unspecified atom stereocenters. The average Bonchev–Trinajstić information content (AvgIpc) is 2.31. The van der Waals surface area contributed by atoms with Crippen molar-refractivity contribution in [2.45, 2.75) is 39.2 Å². The molecule has 0 fully saturated rings. The highest BCUT2D eigenvalue weighted by atomic mass is 16.5. The smallest absolute Gasteiger partial charge is 0.122 e. The Kier molecular flexibility index (Phi) is 3.53. The molecule has 0 saturated carbocycles. The Morgan fingerprint density at radius 1 is 1.24 bits per heavy atom. The third-order valence-electron chi connectivity index (χ3n) is 3.49. The first kappa shape index (κ1) is 12.2. The van der Waals surface area contributed by atoms with Gasteiger partial charge in [-0.3, -0.25) is 0 Å². The van der Waals surface area contributed by atoms with Crippen molar-refractivity contribution in [3.05, 3.63) is 34.9 Å². The number of allylic oxidation sites excluding steroid dienone is 1. The van der Waals surface area contributed by atoms with Crippen LogP contribution in [0.15, 0.2) is 18.2 Å². The lowest BCUT2D eigenvalue weighted by molar-refractivity contribution is 0.411. The van der Waals surface area contributed by atoms with Crippen LogP contribution in [-0.4, -0.2) is 13.2 Å². The number of nitrogens with two attached hydrogens (primary N) is 1. The zero-order chi connectivity index (χ0) is 12.4. The topological polar surface area (TPSA) is 35.2 Å². The predicted octanol–water partition coefficient (Wildman–Crippen LogP) is 3.21. The summed E-state index contributed by atoms with van der Waals surface area (Å²) >= 11 is 0. The fourth-order valence-corrected chi connectivity index (χ4v) is 2.53. The van der Waals surface area contributed by atoms with E-state index in [-0.39, 0.29) is 6.04 Å². The molecular weight excluding hydrogens is 210 g/mol.